The normalized spacial score (nSPS) is 16.0. The number of ether oxygens (including phenoxy) is 3. The van der Waals surface area contributed by atoms with Gasteiger partial charge in [0.2, 0.25) is 6.10 Å². The van der Waals surface area contributed by atoms with Gasteiger partial charge in [0, 0.05) is 5.69 Å². The molecule has 3 rings (SSSR count). The lowest BCUT2D eigenvalue weighted by molar-refractivity contribution is -0.125. The quantitative estimate of drug-likeness (QED) is 0.941. The lowest BCUT2D eigenvalue weighted by atomic mass is 10.2. The van der Waals surface area contributed by atoms with Crippen LogP contribution in [0.15, 0.2) is 48.5 Å². The Balaban J connectivity index is 1.61. The van der Waals surface area contributed by atoms with Crippen LogP contribution in [-0.4, -0.2) is 24.7 Å². The highest BCUT2D eigenvalue weighted by atomic mass is 16.6. The van der Waals surface area contributed by atoms with Gasteiger partial charge in [0.25, 0.3) is 5.91 Å². The summed E-state index contributed by atoms with van der Waals surface area (Å²) in [6, 6.07) is 14.6. The summed E-state index contributed by atoms with van der Waals surface area (Å²) < 4.78 is 16.8. The zero-order chi connectivity index (χ0) is 16.2. The highest BCUT2D eigenvalue weighted by Crippen LogP contribution is 2.31. The van der Waals surface area contributed by atoms with Crippen molar-refractivity contribution in [3.63, 3.8) is 0 Å². The number of fused-ring (bicyclic) bond motifs is 1. The van der Waals surface area contributed by atoms with Gasteiger partial charge in [-0.2, -0.15) is 0 Å². The molecular weight excluding hydrogens is 294 g/mol. The third-order valence-corrected chi connectivity index (χ3v) is 3.29. The van der Waals surface area contributed by atoms with Gasteiger partial charge in [-0.25, -0.2) is 0 Å². The van der Waals surface area contributed by atoms with Gasteiger partial charge in [0.1, 0.15) is 12.4 Å². The summed E-state index contributed by atoms with van der Waals surface area (Å²) in [5.74, 6) is 1.77. The van der Waals surface area contributed by atoms with E-state index in [1.165, 1.54) is 0 Å². The van der Waals surface area contributed by atoms with Gasteiger partial charge >= 0.3 is 0 Å². The molecule has 1 heterocycles. The van der Waals surface area contributed by atoms with E-state index in [0.29, 0.717) is 17.2 Å². The molecule has 0 saturated carbocycles. The van der Waals surface area contributed by atoms with Crippen molar-refractivity contribution in [1.82, 2.24) is 0 Å². The van der Waals surface area contributed by atoms with E-state index in [1.54, 1.807) is 18.2 Å². The van der Waals surface area contributed by atoms with Crippen molar-refractivity contribution in [3.05, 3.63) is 48.5 Å². The van der Waals surface area contributed by atoms with E-state index in [-0.39, 0.29) is 18.6 Å². The molecule has 1 atom stereocenters. The molecule has 0 aromatic heterocycles. The number of carbonyl (C=O) groups excluding carboxylic acids is 1. The number of amides is 1. The van der Waals surface area contributed by atoms with Gasteiger partial charge in [-0.15, -0.1) is 0 Å². The van der Waals surface area contributed by atoms with E-state index in [0.717, 1.165) is 5.75 Å². The summed E-state index contributed by atoms with van der Waals surface area (Å²) in [5.41, 5.74) is 0.688. The first-order chi connectivity index (χ1) is 11.1. The maximum atomic E-state index is 12.3. The largest absolute Gasteiger partial charge is 0.491 e. The molecule has 23 heavy (non-hydrogen) atoms. The number of anilines is 1. The minimum absolute atomic E-state index is 0.114. The first-order valence-corrected chi connectivity index (χ1v) is 7.58. The predicted molar refractivity (Wildman–Crippen MR) is 87.2 cm³/mol. The predicted octanol–water partition coefficient (Wildman–Crippen LogP) is 3.25. The third kappa shape index (κ3) is 3.74. The molecule has 5 heteroatoms. The second-order valence-corrected chi connectivity index (χ2v) is 5.54. The molecule has 1 N–H and O–H groups in total. The first kappa shape index (κ1) is 15.2. The van der Waals surface area contributed by atoms with E-state index in [4.69, 9.17) is 14.2 Å². The molecule has 1 unspecified atom stereocenters. The van der Waals surface area contributed by atoms with E-state index in [1.807, 2.05) is 44.2 Å². The van der Waals surface area contributed by atoms with E-state index in [2.05, 4.69) is 5.32 Å². The van der Waals surface area contributed by atoms with Crippen LogP contribution in [0.25, 0.3) is 0 Å². The van der Waals surface area contributed by atoms with Crippen LogP contribution in [0.1, 0.15) is 13.8 Å². The molecule has 120 valence electrons. The molecule has 2 aromatic rings. The number of nitrogens with one attached hydrogen (secondary N) is 1. The van der Waals surface area contributed by atoms with E-state index < -0.39 is 6.10 Å². The van der Waals surface area contributed by atoms with Gasteiger partial charge < -0.3 is 19.5 Å². The molecular formula is C18H19NO4. The molecule has 2 aromatic carbocycles. The van der Waals surface area contributed by atoms with Crippen molar-refractivity contribution in [2.45, 2.75) is 26.1 Å². The number of benzene rings is 2. The second kappa shape index (κ2) is 6.60. The molecule has 0 bridgehead atoms. The van der Waals surface area contributed by atoms with Crippen molar-refractivity contribution in [2.75, 3.05) is 11.9 Å². The Morgan fingerprint density at radius 1 is 1.13 bits per heavy atom. The average molecular weight is 313 g/mol. The topological polar surface area (TPSA) is 56.8 Å². The standard InChI is InChI=1S/C18H19NO4/c1-12(2)22-14-9-7-13(8-10-14)19-18(20)17-11-21-15-5-3-4-6-16(15)23-17/h3-10,12,17H,11H2,1-2H3,(H,19,20). The summed E-state index contributed by atoms with van der Waals surface area (Å²) >= 11 is 0. The molecule has 0 aliphatic carbocycles. The Morgan fingerprint density at radius 2 is 1.83 bits per heavy atom. The van der Waals surface area contributed by atoms with Crippen molar-refractivity contribution < 1.29 is 19.0 Å². The number of hydrogen-bond acceptors (Lipinski definition) is 4. The van der Waals surface area contributed by atoms with Gasteiger partial charge in [-0.1, -0.05) is 12.1 Å². The number of para-hydroxylation sites is 2. The fraction of sp³-hybridized carbons (Fsp3) is 0.278. The van der Waals surface area contributed by atoms with Gasteiger partial charge in [-0.3, -0.25) is 4.79 Å². The highest BCUT2D eigenvalue weighted by Gasteiger charge is 2.27. The monoisotopic (exact) mass is 313 g/mol. The zero-order valence-electron chi connectivity index (χ0n) is 13.1. The van der Waals surface area contributed by atoms with Gasteiger partial charge in [-0.05, 0) is 50.2 Å². The Kier molecular flexibility index (Phi) is 4.37. The summed E-state index contributed by atoms with van der Waals surface area (Å²) in [6.45, 7) is 4.12. The zero-order valence-corrected chi connectivity index (χ0v) is 13.1. The smallest absolute Gasteiger partial charge is 0.269 e. The highest BCUT2D eigenvalue weighted by molar-refractivity contribution is 5.94. The van der Waals surface area contributed by atoms with Crippen molar-refractivity contribution in [2.24, 2.45) is 0 Å². The molecule has 0 spiro atoms. The molecule has 1 amide bonds. The SMILES string of the molecule is CC(C)Oc1ccc(NC(=O)C2COc3ccccc3O2)cc1. The van der Waals surface area contributed by atoms with Crippen LogP contribution >= 0.6 is 0 Å². The van der Waals surface area contributed by atoms with Crippen LogP contribution < -0.4 is 19.5 Å². The Hall–Kier alpha value is -2.69. The van der Waals surface area contributed by atoms with E-state index >= 15 is 0 Å². The molecule has 1 aliphatic heterocycles. The van der Waals surface area contributed by atoms with Gasteiger partial charge in [0.05, 0.1) is 6.10 Å². The van der Waals surface area contributed by atoms with Crippen LogP contribution in [-0.2, 0) is 4.79 Å². The third-order valence-electron chi connectivity index (χ3n) is 3.29. The van der Waals surface area contributed by atoms with Crippen LogP contribution in [0.5, 0.6) is 17.2 Å². The van der Waals surface area contributed by atoms with Crippen molar-refractivity contribution in [3.8, 4) is 17.2 Å². The summed E-state index contributed by atoms with van der Waals surface area (Å²) in [6.07, 6.45) is -0.556. The Labute approximate surface area is 135 Å². The number of carbonyl (C=O) groups is 1. The summed E-state index contributed by atoms with van der Waals surface area (Å²) in [5, 5.41) is 2.82. The number of hydrogen-bond donors (Lipinski definition) is 1. The summed E-state index contributed by atoms with van der Waals surface area (Å²) in [7, 11) is 0. The van der Waals surface area contributed by atoms with Crippen LogP contribution in [0.2, 0.25) is 0 Å². The number of rotatable bonds is 4. The minimum Gasteiger partial charge on any atom is -0.491 e. The van der Waals surface area contributed by atoms with Crippen LogP contribution in [0.3, 0.4) is 0 Å². The van der Waals surface area contributed by atoms with Crippen molar-refractivity contribution >= 4 is 11.6 Å². The summed E-state index contributed by atoms with van der Waals surface area (Å²) in [4.78, 5) is 12.3. The molecule has 0 radical (unpaired) electrons. The Morgan fingerprint density at radius 3 is 2.52 bits per heavy atom. The molecule has 1 aliphatic rings. The molecule has 5 nitrogen and oxygen atoms in total. The second-order valence-electron chi connectivity index (χ2n) is 5.54. The van der Waals surface area contributed by atoms with Gasteiger partial charge in [0.15, 0.2) is 11.5 Å². The average Bonchev–Trinajstić information content (AvgIpc) is 2.55. The van der Waals surface area contributed by atoms with E-state index in [9.17, 15) is 4.79 Å². The first-order valence-electron chi connectivity index (χ1n) is 7.58. The van der Waals surface area contributed by atoms with Crippen molar-refractivity contribution in [1.29, 1.82) is 0 Å². The molecule has 0 fully saturated rings. The van der Waals surface area contributed by atoms with Crippen LogP contribution in [0.4, 0.5) is 5.69 Å². The van der Waals surface area contributed by atoms with Crippen LogP contribution in [0, 0.1) is 0 Å². The maximum absolute atomic E-state index is 12.3. The lowest BCUT2D eigenvalue weighted by Crippen LogP contribution is -2.40. The maximum Gasteiger partial charge on any atom is 0.269 e. The lowest BCUT2D eigenvalue weighted by Gasteiger charge is -2.25. The Bertz CT molecular complexity index is 682. The minimum atomic E-state index is -0.670. The molecule has 0 saturated heterocycles. The fourth-order valence-corrected chi connectivity index (χ4v) is 2.26. The fourth-order valence-electron chi connectivity index (χ4n) is 2.26.